The Morgan fingerprint density at radius 3 is 2.15 bits per heavy atom. The molecule has 0 saturated carbocycles. The van der Waals surface area contributed by atoms with E-state index in [-0.39, 0.29) is 0 Å². The lowest BCUT2D eigenvalue weighted by Gasteiger charge is -2.09. The summed E-state index contributed by atoms with van der Waals surface area (Å²) in [4.78, 5) is 3.81. The molecule has 0 fully saturated rings. The van der Waals surface area contributed by atoms with Gasteiger partial charge in [0.15, 0.2) is 11.4 Å². The first kappa shape index (κ1) is 18.5. The Hall–Kier alpha value is -3.90. The average Bonchev–Trinajstić information content (AvgIpc) is 3.23. The van der Waals surface area contributed by atoms with Gasteiger partial charge in [-0.15, -0.1) is 0 Å². The molecule has 5 rings (SSSR count). The molecule has 3 heteroatoms. The molecule has 0 N–H and O–H groups in total. The summed E-state index contributed by atoms with van der Waals surface area (Å²) in [5, 5.41) is 1.91. The van der Waals surface area contributed by atoms with Crippen molar-refractivity contribution in [1.29, 1.82) is 0 Å². The predicted octanol–water partition coefficient (Wildman–Crippen LogP) is 8.34. The van der Waals surface area contributed by atoms with E-state index in [9.17, 15) is 0 Å². The van der Waals surface area contributed by atoms with Gasteiger partial charge in [-0.25, -0.2) is 4.85 Å². The van der Waals surface area contributed by atoms with Crippen LogP contribution in [0.4, 0.5) is 5.69 Å². The molecule has 5 aromatic rings. The third kappa shape index (κ3) is 3.30. The predicted molar refractivity (Wildman–Crippen MR) is 140 cm³/mol. The average molecular weight is 449 g/mol. The fourth-order valence-corrected chi connectivity index (χ4v) is 4.72. The smallest absolute Gasteiger partial charge is 0.216 e. The van der Waals surface area contributed by atoms with Gasteiger partial charge in [-0.3, -0.25) is 0 Å². The van der Waals surface area contributed by atoms with E-state index in [0.717, 1.165) is 44.3 Å². The second kappa shape index (κ2) is 8.15. The summed E-state index contributed by atoms with van der Waals surface area (Å²) in [5.74, 6) is 0.419. The molecule has 0 saturated heterocycles. The molecule has 0 spiro atoms. The van der Waals surface area contributed by atoms with E-state index >= 15 is 0 Å². The first-order valence-corrected chi connectivity index (χ1v) is 11.5. The fraction of sp³-hybridized carbons (Fsp3) is 0.226. The lowest BCUT2D eigenvalue weighted by molar-refractivity contribution is -0.667. The van der Waals surface area contributed by atoms with E-state index in [0.29, 0.717) is 28.4 Å². The van der Waals surface area contributed by atoms with Crippen molar-refractivity contribution in [2.75, 3.05) is 0 Å². The van der Waals surface area contributed by atoms with Crippen LogP contribution in [0.1, 0.15) is 46.3 Å². The standard InChI is InChI=1S/C31H29N2O/c1-18(2)22-10-12-23(13-11-22)29-26(32-6)16-15-25-24-14-8-20(4)28(30(24)34-31(25)29)27-17-9-19(3)21(5)33(27)7/h8-18H,1-5,7H3/q+1/i3D3. The van der Waals surface area contributed by atoms with E-state index < -0.39 is 6.85 Å². The van der Waals surface area contributed by atoms with Crippen molar-refractivity contribution in [2.45, 2.75) is 40.5 Å². The SMILES string of the molecule is [2H]C([2H])([2H])c1ccc(-c2c(C)ccc3c2oc2c(-c4ccc(C(C)C)cc4)c([N+]#[C-])ccc23)[n+](C)c1C. The number of hydrogen-bond donors (Lipinski definition) is 0. The van der Waals surface area contributed by atoms with Crippen LogP contribution in [0.25, 0.3) is 49.2 Å². The summed E-state index contributed by atoms with van der Waals surface area (Å²) in [6.45, 7) is 13.8. The molecule has 3 aromatic carbocycles. The number of aromatic nitrogens is 1. The van der Waals surface area contributed by atoms with Crippen LogP contribution >= 0.6 is 0 Å². The van der Waals surface area contributed by atoms with Gasteiger partial charge in [-0.05, 0) is 42.5 Å². The highest BCUT2D eigenvalue weighted by molar-refractivity contribution is 6.15. The van der Waals surface area contributed by atoms with Gasteiger partial charge in [-0.2, -0.15) is 4.57 Å². The van der Waals surface area contributed by atoms with Gasteiger partial charge >= 0.3 is 0 Å². The van der Waals surface area contributed by atoms with E-state index in [1.165, 1.54) is 5.56 Å². The van der Waals surface area contributed by atoms with Gasteiger partial charge in [0.2, 0.25) is 5.69 Å². The molecule has 2 aromatic heterocycles. The molecule has 0 unspecified atom stereocenters. The normalized spacial score (nSPS) is 13.1. The summed E-state index contributed by atoms with van der Waals surface area (Å²) >= 11 is 0. The zero-order valence-corrected chi connectivity index (χ0v) is 20.2. The number of furan rings is 1. The second-order valence-electron chi connectivity index (χ2n) is 9.24. The molecule has 3 nitrogen and oxygen atoms in total. The van der Waals surface area contributed by atoms with Gasteiger partial charge in [0.25, 0.3) is 0 Å². The van der Waals surface area contributed by atoms with Crippen LogP contribution in [0.3, 0.4) is 0 Å². The van der Waals surface area contributed by atoms with Crippen molar-refractivity contribution in [1.82, 2.24) is 0 Å². The van der Waals surface area contributed by atoms with Gasteiger partial charge in [0.1, 0.15) is 18.2 Å². The second-order valence-corrected chi connectivity index (χ2v) is 9.24. The first-order valence-electron chi connectivity index (χ1n) is 13.0. The fourth-order valence-electron chi connectivity index (χ4n) is 4.72. The highest BCUT2D eigenvalue weighted by atomic mass is 16.3. The molecule has 168 valence electrons. The number of rotatable bonds is 3. The molecule has 0 aliphatic heterocycles. The highest BCUT2D eigenvalue weighted by Crippen LogP contribution is 2.44. The van der Waals surface area contributed by atoms with Crippen molar-refractivity contribution in [3.63, 3.8) is 0 Å². The quantitative estimate of drug-likeness (QED) is 0.201. The lowest BCUT2D eigenvalue weighted by atomic mass is 9.96. The number of fused-ring (bicyclic) bond motifs is 3. The molecule has 0 radical (unpaired) electrons. The zero-order valence-electron chi connectivity index (χ0n) is 23.2. The Labute approximate surface area is 205 Å². The molecule has 0 amide bonds. The maximum absolute atomic E-state index is 7.89. The Bertz CT molecular complexity index is 1720. The molecule has 0 aliphatic carbocycles. The van der Waals surface area contributed by atoms with Crippen molar-refractivity contribution in [3.05, 3.63) is 94.5 Å². The summed E-state index contributed by atoms with van der Waals surface area (Å²) in [5.41, 5.74) is 8.78. The monoisotopic (exact) mass is 448 g/mol. The van der Waals surface area contributed by atoms with Crippen LogP contribution in [0.2, 0.25) is 0 Å². The van der Waals surface area contributed by atoms with Gasteiger partial charge in [0, 0.05) is 39.0 Å². The number of pyridine rings is 1. The highest BCUT2D eigenvalue weighted by Gasteiger charge is 2.24. The van der Waals surface area contributed by atoms with E-state index in [2.05, 4.69) is 55.1 Å². The number of benzene rings is 3. The first-order chi connectivity index (χ1) is 17.5. The maximum atomic E-state index is 7.89. The molecule has 0 bridgehead atoms. The summed E-state index contributed by atoms with van der Waals surface area (Å²) in [6.07, 6.45) is 0. The zero-order chi connectivity index (χ0) is 26.6. The molecule has 34 heavy (non-hydrogen) atoms. The van der Waals surface area contributed by atoms with Gasteiger partial charge < -0.3 is 4.42 Å². The van der Waals surface area contributed by atoms with Crippen LogP contribution in [-0.2, 0) is 7.05 Å². The lowest BCUT2D eigenvalue weighted by Crippen LogP contribution is -2.35. The van der Waals surface area contributed by atoms with Crippen LogP contribution in [0.15, 0.2) is 65.1 Å². The number of aryl methyl sites for hydroxylation is 2. The number of nitrogens with zero attached hydrogens (tertiary/aromatic N) is 2. The third-order valence-electron chi connectivity index (χ3n) is 6.90. The Balaban J connectivity index is 1.82. The van der Waals surface area contributed by atoms with Crippen LogP contribution in [-0.4, -0.2) is 0 Å². The Kier molecular flexibility index (Phi) is 4.44. The minimum atomic E-state index is -2.18. The van der Waals surface area contributed by atoms with Crippen LogP contribution in [0, 0.1) is 27.3 Å². The van der Waals surface area contributed by atoms with E-state index in [4.69, 9.17) is 15.1 Å². The molecule has 0 aliphatic rings. The van der Waals surface area contributed by atoms with Crippen molar-refractivity contribution < 1.29 is 13.1 Å². The molecule has 2 heterocycles. The minimum absolute atomic E-state index is 0.335. The topological polar surface area (TPSA) is 21.4 Å². The third-order valence-corrected chi connectivity index (χ3v) is 6.90. The molecule has 0 atom stereocenters. The van der Waals surface area contributed by atoms with Crippen molar-refractivity contribution in [2.24, 2.45) is 7.05 Å². The van der Waals surface area contributed by atoms with Gasteiger partial charge in [-0.1, -0.05) is 62.4 Å². The summed E-state index contributed by atoms with van der Waals surface area (Å²) < 4.78 is 32.2. The van der Waals surface area contributed by atoms with Crippen LogP contribution in [0.5, 0.6) is 0 Å². The minimum Gasteiger partial charge on any atom is -0.456 e. The number of hydrogen-bond acceptors (Lipinski definition) is 1. The Morgan fingerprint density at radius 1 is 0.853 bits per heavy atom. The van der Waals surface area contributed by atoms with Crippen molar-refractivity contribution in [3.8, 4) is 22.4 Å². The van der Waals surface area contributed by atoms with E-state index in [1.54, 1.807) is 6.07 Å². The van der Waals surface area contributed by atoms with Crippen molar-refractivity contribution >= 4 is 27.6 Å². The summed E-state index contributed by atoms with van der Waals surface area (Å²) in [6, 6.07) is 19.9. The molecular formula is C31H29N2O+. The Morgan fingerprint density at radius 2 is 1.50 bits per heavy atom. The summed E-state index contributed by atoms with van der Waals surface area (Å²) in [7, 11) is 1.89. The van der Waals surface area contributed by atoms with Crippen LogP contribution < -0.4 is 4.57 Å². The maximum Gasteiger partial charge on any atom is 0.216 e. The van der Waals surface area contributed by atoms with Gasteiger partial charge in [0.05, 0.1) is 12.1 Å². The largest absolute Gasteiger partial charge is 0.456 e. The van der Waals surface area contributed by atoms with E-state index in [1.807, 2.05) is 43.7 Å². The molecular weight excluding hydrogens is 416 g/mol.